The molecule has 5 heteroatoms. The first-order valence-electron chi connectivity index (χ1n) is 5.91. The van der Waals surface area contributed by atoms with Crippen LogP contribution in [0.2, 0.25) is 0 Å². The maximum Gasteiger partial charge on any atom is 0.236 e. The highest BCUT2D eigenvalue weighted by Gasteiger charge is 2.21. The minimum absolute atomic E-state index is 0.159. The van der Waals surface area contributed by atoms with E-state index < -0.39 is 0 Å². The van der Waals surface area contributed by atoms with E-state index >= 15 is 0 Å². The molecule has 94 valence electrons. The van der Waals surface area contributed by atoms with Gasteiger partial charge in [0, 0.05) is 13.1 Å². The number of rotatable bonds is 5. The number of hydrogen-bond donors (Lipinski definition) is 1. The molecule has 1 heterocycles. The molecule has 1 saturated heterocycles. The molecule has 0 spiro atoms. The van der Waals surface area contributed by atoms with E-state index in [1.165, 1.54) is 0 Å². The predicted octanol–water partition coefficient (Wildman–Crippen LogP) is -0.486. The molecule has 0 bridgehead atoms. The van der Waals surface area contributed by atoms with Crippen LogP contribution in [0.25, 0.3) is 0 Å². The van der Waals surface area contributed by atoms with Gasteiger partial charge in [-0.2, -0.15) is 0 Å². The van der Waals surface area contributed by atoms with Crippen LogP contribution in [-0.4, -0.2) is 68.2 Å². The maximum absolute atomic E-state index is 11.9. The van der Waals surface area contributed by atoms with Crippen molar-refractivity contribution in [2.45, 2.75) is 19.4 Å². The van der Waals surface area contributed by atoms with Gasteiger partial charge in [-0.15, -0.1) is 0 Å². The highest BCUT2D eigenvalue weighted by atomic mass is 16.5. The van der Waals surface area contributed by atoms with E-state index in [0.29, 0.717) is 32.8 Å². The van der Waals surface area contributed by atoms with Gasteiger partial charge in [0.05, 0.1) is 19.3 Å². The average Bonchev–Trinajstić information content (AvgIpc) is 2.26. The van der Waals surface area contributed by atoms with Crippen LogP contribution in [-0.2, 0) is 9.53 Å². The molecule has 1 fully saturated rings. The second-order valence-electron chi connectivity index (χ2n) is 4.40. The summed E-state index contributed by atoms with van der Waals surface area (Å²) in [4.78, 5) is 15.8. The summed E-state index contributed by atoms with van der Waals surface area (Å²) in [5.74, 6) is 0.190. The topological polar surface area (TPSA) is 58.8 Å². The molecule has 1 rings (SSSR count). The lowest BCUT2D eigenvalue weighted by Gasteiger charge is -2.32. The Kier molecular flexibility index (Phi) is 5.73. The van der Waals surface area contributed by atoms with E-state index in [0.717, 1.165) is 13.0 Å². The molecule has 0 saturated carbocycles. The molecule has 0 aliphatic carbocycles. The Hall–Kier alpha value is -0.650. The van der Waals surface area contributed by atoms with Gasteiger partial charge in [-0.05, 0) is 33.5 Å². The van der Waals surface area contributed by atoms with Crippen molar-refractivity contribution in [2.24, 2.45) is 5.73 Å². The number of nitrogens with two attached hydrogens (primary N) is 1. The molecule has 1 atom stereocenters. The first-order valence-corrected chi connectivity index (χ1v) is 5.91. The predicted molar refractivity (Wildman–Crippen MR) is 63.2 cm³/mol. The van der Waals surface area contributed by atoms with Gasteiger partial charge < -0.3 is 15.4 Å². The van der Waals surface area contributed by atoms with Crippen LogP contribution in [0, 0.1) is 0 Å². The summed E-state index contributed by atoms with van der Waals surface area (Å²) in [6, 6.07) is 0. The van der Waals surface area contributed by atoms with E-state index in [-0.39, 0.29) is 12.0 Å². The molecular weight excluding hydrogens is 206 g/mol. The Morgan fingerprint density at radius 3 is 3.00 bits per heavy atom. The lowest BCUT2D eigenvalue weighted by atomic mass is 10.3. The molecule has 1 aliphatic rings. The molecule has 1 amide bonds. The molecule has 1 unspecified atom stereocenters. The van der Waals surface area contributed by atoms with Crippen molar-refractivity contribution >= 4 is 5.91 Å². The third kappa shape index (κ3) is 4.47. The third-order valence-electron chi connectivity index (χ3n) is 2.74. The van der Waals surface area contributed by atoms with Crippen molar-refractivity contribution in [1.82, 2.24) is 9.80 Å². The van der Waals surface area contributed by atoms with E-state index in [2.05, 4.69) is 0 Å². The Morgan fingerprint density at radius 2 is 2.38 bits per heavy atom. The SMILES string of the molecule is CC1CN(C(=O)CN(C)CCCN)CCO1. The van der Waals surface area contributed by atoms with Crippen molar-refractivity contribution in [3.8, 4) is 0 Å². The summed E-state index contributed by atoms with van der Waals surface area (Å²) in [5, 5.41) is 0. The summed E-state index contributed by atoms with van der Waals surface area (Å²) in [5.41, 5.74) is 5.43. The standard InChI is InChI=1S/C11H23N3O2/c1-10-8-14(6-7-16-10)11(15)9-13(2)5-3-4-12/h10H,3-9,12H2,1-2H3. The Labute approximate surface area is 97.5 Å². The van der Waals surface area contributed by atoms with Crippen LogP contribution in [0.4, 0.5) is 0 Å². The summed E-state index contributed by atoms with van der Waals surface area (Å²) in [6.07, 6.45) is 1.09. The zero-order valence-corrected chi connectivity index (χ0v) is 10.3. The normalized spacial score (nSPS) is 21.5. The van der Waals surface area contributed by atoms with Crippen molar-refractivity contribution in [3.05, 3.63) is 0 Å². The van der Waals surface area contributed by atoms with E-state index in [1.807, 2.05) is 23.8 Å². The van der Waals surface area contributed by atoms with Crippen LogP contribution in [0.1, 0.15) is 13.3 Å². The van der Waals surface area contributed by atoms with E-state index in [4.69, 9.17) is 10.5 Å². The first-order chi connectivity index (χ1) is 7.63. The number of morpholine rings is 1. The fourth-order valence-electron chi connectivity index (χ4n) is 1.82. The highest BCUT2D eigenvalue weighted by molar-refractivity contribution is 5.78. The molecule has 0 aromatic rings. The molecule has 16 heavy (non-hydrogen) atoms. The molecule has 0 aromatic carbocycles. The number of ether oxygens (including phenoxy) is 1. The fraction of sp³-hybridized carbons (Fsp3) is 0.909. The maximum atomic E-state index is 11.9. The second kappa shape index (κ2) is 6.83. The van der Waals surface area contributed by atoms with Crippen LogP contribution < -0.4 is 5.73 Å². The summed E-state index contributed by atoms with van der Waals surface area (Å²) in [6.45, 7) is 6.11. The Bertz CT molecular complexity index is 223. The average molecular weight is 229 g/mol. The second-order valence-corrected chi connectivity index (χ2v) is 4.40. The Morgan fingerprint density at radius 1 is 1.62 bits per heavy atom. The molecule has 2 N–H and O–H groups in total. The fourth-order valence-corrected chi connectivity index (χ4v) is 1.82. The van der Waals surface area contributed by atoms with Gasteiger partial charge in [0.1, 0.15) is 0 Å². The van der Waals surface area contributed by atoms with Gasteiger partial charge in [-0.25, -0.2) is 0 Å². The lowest BCUT2D eigenvalue weighted by Crippen LogP contribution is -2.48. The van der Waals surface area contributed by atoms with Crippen LogP contribution in [0.15, 0.2) is 0 Å². The van der Waals surface area contributed by atoms with Crippen molar-refractivity contribution in [1.29, 1.82) is 0 Å². The largest absolute Gasteiger partial charge is 0.375 e. The van der Waals surface area contributed by atoms with Gasteiger partial charge >= 0.3 is 0 Å². The minimum Gasteiger partial charge on any atom is -0.375 e. The van der Waals surface area contributed by atoms with Gasteiger partial charge in [0.2, 0.25) is 5.91 Å². The monoisotopic (exact) mass is 229 g/mol. The number of nitrogens with zero attached hydrogens (tertiary/aromatic N) is 2. The van der Waals surface area contributed by atoms with Gasteiger partial charge in [0.15, 0.2) is 0 Å². The number of hydrogen-bond acceptors (Lipinski definition) is 4. The smallest absolute Gasteiger partial charge is 0.236 e. The summed E-state index contributed by atoms with van der Waals surface area (Å²) >= 11 is 0. The van der Waals surface area contributed by atoms with Crippen molar-refractivity contribution < 1.29 is 9.53 Å². The molecule has 0 aromatic heterocycles. The molecule has 1 aliphatic heterocycles. The van der Waals surface area contributed by atoms with Crippen LogP contribution >= 0.6 is 0 Å². The molecular formula is C11H23N3O2. The van der Waals surface area contributed by atoms with Gasteiger partial charge in [-0.3, -0.25) is 9.69 Å². The number of likely N-dealkylation sites (N-methyl/N-ethyl adjacent to an activating group) is 1. The first kappa shape index (κ1) is 13.4. The number of amides is 1. The zero-order chi connectivity index (χ0) is 12.0. The van der Waals surface area contributed by atoms with Crippen molar-refractivity contribution in [3.63, 3.8) is 0 Å². The quantitative estimate of drug-likeness (QED) is 0.691. The van der Waals surface area contributed by atoms with Crippen LogP contribution in [0.5, 0.6) is 0 Å². The zero-order valence-electron chi connectivity index (χ0n) is 10.3. The van der Waals surface area contributed by atoms with Gasteiger partial charge in [0.25, 0.3) is 0 Å². The third-order valence-corrected chi connectivity index (χ3v) is 2.74. The van der Waals surface area contributed by atoms with Crippen LogP contribution in [0.3, 0.4) is 0 Å². The van der Waals surface area contributed by atoms with E-state index in [1.54, 1.807) is 0 Å². The highest BCUT2D eigenvalue weighted by Crippen LogP contribution is 2.05. The summed E-state index contributed by atoms with van der Waals surface area (Å²) in [7, 11) is 1.96. The molecule has 5 nitrogen and oxygen atoms in total. The summed E-state index contributed by atoms with van der Waals surface area (Å²) < 4.78 is 5.40. The van der Waals surface area contributed by atoms with E-state index in [9.17, 15) is 4.79 Å². The number of carbonyl (C=O) groups is 1. The minimum atomic E-state index is 0.159. The molecule has 0 radical (unpaired) electrons. The lowest BCUT2D eigenvalue weighted by molar-refractivity contribution is -0.139. The Balaban J connectivity index is 2.27. The van der Waals surface area contributed by atoms with Crippen molar-refractivity contribution in [2.75, 3.05) is 46.4 Å². The number of carbonyl (C=O) groups excluding carboxylic acids is 1. The van der Waals surface area contributed by atoms with Gasteiger partial charge in [-0.1, -0.05) is 0 Å².